The van der Waals surface area contributed by atoms with Crippen LogP contribution in [0.25, 0.3) is 0 Å². The van der Waals surface area contributed by atoms with Crippen LogP contribution < -0.4 is 0 Å². The molecule has 0 aromatic rings. The second-order valence-electron chi connectivity index (χ2n) is 16.3. The molecule has 0 aromatic carbocycles. The number of hydrogen-bond acceptors (Lipinski definition) is 11. The highest BCUT2D eigenvalue weighted by molar-refractivity contribution is 6.93. The third-order valence-corrected chi connectivity index (χ3v) is 46.0. The molecule has 0 amide bonds. The van der Waals surface area contributed by atoms with E-state index in [1.165, 1.54) is 0 Å². The van der Waals surface area contributed by atoms with Crippen LogP contribution in [0.4, 0.5) is 0 Å². The molecule has 0 aliphatic carbocycles. The first-order valence-electron chi connectivity index (χ1n) is 15.9. The molecule has 22 heteroatoms. The number of hydrogen-bond donors (Lipinski definition) is 0. The average molecular weight is 832 g/mol. The summed E-state index contributed by atoms with van der Waals surface area (Å²) in [6.07, 6.45) is 0. The molecule has 0 aliphatic rings. The predicted molar refractivity (Wildman–Crippen MR) is 212 cm³/mol. The Bertz CT molecular complexity index is 944. The van der Waals surface area contributed by atoms with E-state index in [1.54, 1.807) is 7.11 Å². The van der Waals surface area contributed by atoms with Crippen molar-refractivity contribution in [2.24, 2.45) is 0 Å². The summed E-state index contributed by atoms with van der Waals surface area (Å²) in [5, 5.41) is 0. The molecule has 0 spiro atoms. The fourth-order valence-corrected chi connectivity index (χ4v) is 58.6. The van der Waals surface area contributed by atoms with Crippen LogP contribution in [0.3, 0.4) is 0 Å². The predicted octanol–water partition coefficient (Wildman–Crippen LogP) is 7.80. The molecule has 45 heavy (non-hydrogen) atoms. The van der Waals surface area contributed by atoms with E-state index in [2.05, 4.69) is 118 Å². The van der Waals surface area contributed by atoms with Gasteiger partial charge in [0.1, 0.15) is 0 Å². The van der Waals surface area contributed by atoms with Gasteiger partial charge in [0, 0.05) is 7.11 Å². The van der Waals surface area contributed by atoms with E-state index in [9.17, 15) is 0 Å². The molecule has 11 nitrogen and oxygen atoms in total. The fourth-order valence-electron chi connectivity index (χ4n) is 6.13. The van der Waals surface area contributed by atoms with Gasteiger partial charge >= 0.3 is 85.6 Å². The maximum atomic E-state index is 6.75. The lowest BCUT2D eigenvalue weighted by Crippen LogP contribution is -2.62. The molecular weight excluding hydrogens is 761 g/mol. The van der Waals surface area contributed by atoms with Gasteiger partial charge in [-0.2, -0.15) is 0 Å². The van der Waals surface area contributed by atoms with Crippen LogP contribution in [-0.2, 0) is 45.6 Å². The van der Waals surface area contributed by atoms with E-state index in [0.29, 0.717) is 0 Å². The highest BCUT2D eigenvalue weighted by Crippen LogP contribution is 2.30. The molecule has 0 unspecified atom stereocenters. The van der Waals surface area contributed by atoms with E-state index in [-0.39, 0.29) is 0 Å². The van der Waals surface area contributed by atoms with Gasteiger partial charge in [-0.15, -0.1) is 0 Å². The third-order valence-electron chi connectivity index (χ3n) is 5.44. The topological polar surface area (TPSA) is 102 Å². The van der Waals surface area contributed by atoms with Gasteiger partial charge in [0.2, 0.25) is 0 Å². The molecule has 0 N–H and O–H groups in total. The van der Waals surface area contributed by atoms with Gasteiger partial charge in [0.25, 0.3) is 0 Å². The molecule has 0 aliphatic heterocycles. The van der Waals surface area contributed by atoms with Crippen molar-refractivity contribution in [2.45, 2.75) is 144 Å². The lowest BCUT2D eigenvalue weighted by Gasteiger charge is -2.44. The van der Waals surface area contributed by atoms with Gasteiger partial charge < -0.3 is 45.6 Å². The van der Waals surface area contributed by atoms with Crippen LogP contribution >= 0.6 is 0 Å². The van der Waals surface area contributed by atoms with E-state index in [4.69, 9.17) is 45.6 Å². The van der Waals surface area contributed by atoms with Crippen molar-refractivity contribution in [3.8, 4) is 0 Å². The van der Waals surface area contributed by atoms with Gasteiger partial charge in [-0.1, -0.05) is 0 Å². The van der Waals surface area contributed by atoms with Crippen molar-refractivity contribution >= 4 is 94.6 Å². The SMILES string of the molecule is CO[Si](C)(C)O[Si](C)(C)O[Si](C)(C)O[Si](C)(C)O[Si](C)(C)O[Si](C)(C)O[Si](C)(C)O[Si](C)(C)O[Si](C)(C)O[Si](C)(C)O[SiH](C)C. The van der Waals surface area contributed by atoms with E-state index < -0.39 is 94.6 Å². The Hall–Kier alpha value is 1.95. The molecule has 0 fully saturated rings. The zero-order valence-corrected chi connectivity index (χ0v) is 44.2. The smallest absolute Gasteiger partial charge is 0.322 e. The normalized spacial score (nSPS) is 15.7. The maximum absolute atomic E-state index is 6.75. The summed E-state index contributed by atoms with van der Waals surface area (Å²) in [5.41, 5.74) is 0. The molecule has 0 bridgehead atoms. The Morgan fingerprint density at radius 3 is 0.578 bits per heavy atom. The summed E-state index contributed by atoms with van der Waals surface area (Å²) in [4.78, 5) is 0. The van der Waals surface area contributed by atoms with E-state index >= 15 is 0 Å². The lowest BCUT2D eigenvalue weighted by atomic mass is 11.8. The molecule has 0 aromatic heterocycles. The molecular formula is C23H70O11Si11. The highest BCUT2D eigenvalue weighted by atomic mass is 28.5. The third kappa shape index (κ3) is 21.7. The lowest BCUT2D eigenvalue weighted by molar-refractivity contribution is 0.248. The summed E-state index contributed by atoms with van der Waals surface area (Å²) in [6.45, 7) is 45.6. The molecule has 272 valence electrons. The minimum Gasteiger partial charge on any atom is -0.440 e. The largest absolute Gasteiger partial charge is 0.440 e. The van der Waals surface area contributed by atoms with Crippen LogP contribution in [0.2, 0.25) is 144 Å². The van der Waals surface area contributed by atoms with E-state index in [0.717, 1.165) is 0 Å². The zero-order chi connectivity index (χ0) is 36.4. The van der Waals surface area contributed by atoms with Gasteiger partial charge in [-0.05, 0) is 144 Å². The minimum atomic E-state index is -2.68. The minimum absolute atomic E-state index is 1.22. The standard InChI is InChI=1S/C23H70O11Si11/c1-24-36(4,5)26-38(8,9)28-40(12,13)30-42(16,17)32-44(20,21)34-45(22,23)33-43(18,19)31-41(14,15)29-39(10,11)27-37(6,7)25-35(2)3/h35H,1-23H3. The van der Waals surface area contributed by atoms with E-state index in [1.807, 2.05) is 26.2 Å². The summed E-state index contributed by atoms with van der Waals surface area (Å²) < 4.78 is 71.6. The van der Waals surface area contributed by atoms with Crippen molar-refractivity contribution in [1.29, 1.82) is 0 Å². The summed E-state index contributed by atoms with van der Waals surface area (Å²) in [6, 6.07) is 0. The Kier molecular flexibility index (Phi) is 16.8. The summed E-state index contributed by atoms with van der Waals surface area (Å²) in [7, 11) is -24.9. The molecule has 0 saturated heterocycles. The molecule has 0 radical (unpaired) electrons. The molecule has 0 saturated carbocycles. The van der Waals surface area contributed by atoms with Crippen molar-refractivity contribution in [3.05, 3.63) is 0 Å². The van der Waals surface area contributed by atoms with Crippen molar-refractivity contribution in [3.63, 3.8) is 0 Å². The van der Waals surface area contributed by atoms with Gasteiger partial charge in [0.05, 0.1) is 0 Å². The zero-order valence-electron chi connectivity index (χ0n) is 33.1. The first-order chi connectivity index (χ1) is 19.3. The van der Waals surface area contributed by atoms with Crippen LogP contribution in [-0.4, -0.2) is 102 Å². The Morgan fingerprint density at radius 1 is 0.267 bits per heavy atom. The summed E-state index contributed by atoms with van der Waals surface area (Å²) in [5.74, 6) is 0. The summed E-state index contributed by atoms with van der Waals surface area (Å²) >= 11 is 0. The Labute approximate surface area is 289 Å². The first kappa shape index (κ1) is 46.9. The Morgan fingerprint density at radius 2 is 0.422 bits per heavy atom. The van der Waals surface area contributed by atoms with Gasteiger partial charge in [0.15, 0.2) is 9.04 Å². The second-order valence-corrected chi connectivity index (χ2v) is 55.1. The quantitative estimate of drug-likeness (QED) is 0.106. The van der Waals surface area contributed by atoms with Crippen LogP contribution in [0.1, 0.15) is 0 Å². The van der Waals surface area contributed by atoms with Crippen molar-refractivity contribution < 1.29 is 45.6 Å². The van der Waals surface area contributed by atoms with Crippen LogP contribution in [0.5, 0.6) is 0 Å². The van der Waals surface area contributed by atoms with Crippen LogP contribution in [0.15, 0.2) is 0 Å². The Balaban J connectivity index is 5.49. The molecule has 0 heterocycles. The monoisotopic (exact) mass is 830 g/mol. The highest BCUT2D eigenvalue weighted by Gasteiger charge is 2.50. The molecule has 0 atom stereocenters. The average Bonchev–Trinajstić information content (AvgIpc) is 2.56. The number of rotatable bonds is 21. The maximum Gasteiger partial charge on any atom is 0.322 e. The van der Waals surface area contributed by atoms with Crippen molar-refractivity contribution in [1.82, 2.24) is 0 Å². The first-order valence-corrected chi connectivity index (χ1v) is 46.8. The molecule has 0 rings (SSSR count). The second kappa shape index (κ2) is 16.1. The van der Waals surface area contributed by atoms with Crippen LogP contribution in [0, 0.1) is 0 Å². The van der Waals surface area contributed by atoms with Crippen molar-refractivity contribution in [2.75, 3.05) is 7.11 Å². The van der Waals surface area contributed by atoms with Gasteiger partial charge in [-0.25, -0.2) is 0 Å². The van der Waals surface area contributed by atoms with Gasteiger partial charge in [-0.3, -0.25) is 0 Å². The fraction of sp³-hybridized carbons (Fsp3) is 1.00.